The third-order valence-electron chi connectivity index (χ3n) is 6.27. The van der Waals surface area contributed by atoms with Crippen LogP contribution in [-0.4, -0.2) is 60.5 Å². The summed E-state index contributed by atoms with van der Waals surface area (Å²) >= 11 is 0. The minimum Gasteiger partial charge on any atom is -0.508 e. The normalized spacial score (nSPS) is 26.5. The van der Waals surface area contributed by atoms with Gasteiger partial charge in [-0.15, -0.1) is 0 Å². The third-order valence-corrected chi connectivity index (χ3v) is 6.27. The number of rotatable bonds is 4. The van der Waals surface area contributed by atoms with Gasteiger partial charge in [0.05, 0.1) is 6.04 Å². The molecule has 1 fully saturated rings. The Morgan fingerprint density at radius 1 is 1.29 bits per heavy atom. The molecule has 1 saturated heterocycles. The van der Waals surface area contributed by atoms with E-state index in [9.17, 15) is 18.7 Å². The molecule has 0 aromatic heterocycles. The van der Waals surface area contributed by atoms with Crippen LogP contribution in [0.3, 0.4) is 0 Å². The number of phenols is 1. The Hall–Kier alpha value is -2.67. The van der Waals surface area contributed by atoms with Crippen molar-refractivity contribution in [3.63, 3.8) is 0 Å². The van der Waals surface area contributed by atoms with Crippen molar-refractivity contribution < 1.29 is 23.4 Å². The Morgan fingerprint density at radius 3 is 2.81 bits per heavy atom. The number of allylic oxidation sites excluding steroid dienone is 4. The molecule has 1 aromatic rings. The molecule has 2 aliphatic heterocycles. The second-order valence-electron chi connectivity index (χ2n) is 8.51. The fourth-order valence-electron chi connectivity index (χ4n) is 4.58. The summed E-state index contributed by atoms with van der Waals surface area (Å²) in [4.78, 5) is 16.8. The smallest absolute Gasteiger partial charge is 0.320 e. The molecule has 2 amide bonds. The van der Waals surface area contributed by atoms with Gasteiger partial charge in [0.1, 0.15) is 17.7 Å². The van der Waals surface area contributed by atoms with Crippen molar-refractivity contribution in [2.75, 3.05) is 33.4 Å². The maximum Gasteiger partial charge on any atom is 0.320 e. The zero-order valence-corrected chi connectivity index (χ0v) is 17.6. The van der Waals surface area contributed by atoms with Gasteiger partial charge < -0.3 is 19.6 Å². The van der Waals surface area contributed by atoms with Gasteiger partial charge in [-0.05, 0) is 60.3 Å². The van der Waals surface area contributed by atoms with Crippen molar-refractivity contribution >= 4 is 6.03 Å². The molecular weight excluding hydrogens is 402 g/mol. The number of aromatic hydroxyl groups is 1. The molecule has 7 heteroatoms. The topological polar surface area (TPSA) is 53.0 Å². The highest BCUT2D eigenvalue weighted by molar-refractivity contribution is 5.76. The molecule has 1 aromatic carbocycles. The van der Waals surface area contributed by atoms with Crippen LogP contribution in [0.5, 0.6) is 5.75 Å². The number of benzene rings is 1. The van der Waals surface area contributed by atoms with Gasteiger partial charge in [0.2, 0.25) is 0 Å². The van der Waals surface area contributed by atoms with Crippen LogP contribution in [0, 0.1) is 11.8 Å². The Labute approximate surface area is 181 Å². The van der Waals surface area contributed by atoms with Crippen molar-refractivity contribution in [3.05, 3.63) is 65.5 Å². The number of hydrogen-bond acceptors (Lipinski definition) is 3. The summed E-state index contributed by atoms with van der Waals surface area (Å²) in [6.45, 7) is 2.24. The molecule has 0 bridgehead atoms. The monoisotopic (exact) mass is 430 g/mol. The molecule has 1 aliphatic carbocycles. The van der Waals surface area contributed by atoms with E-state index in [1.807, 2.05) is 12.1 Å². The van der Waals surface area contributed by atoms with Crippen molar-refractivity contribution in [1.82, 2.24) is 9.80 Å². The molecule has 0 radical (unpaired) electrons. The highest BCUT2D eigenvalue weighted by Crippen LogP contribution is 2.38. The van der Waals surface area contributed by atoms with E-state index in [0.29, 0.717) is 31.2 Å². The predicted octanol–water partition coefficient (Wildman–Crippen LogP) is 4.53. The molecule has 0 spiro atoms. The Bertz CT molecular complexity index is 908. The SMILES string of the molecule is CN(CC1CCOCC1)C(=O)N1CC(C2C=C(F)C=CC2F)=CC1c1cccc(O)c1. The van der Waals surface area contributed by atoms with Gasteiger partial charge in [0.15, 0.2) is 0 Å². The maximum atomic E-state index is 14.6. The zero-order valence-electron chi connectivity index (χ0n) is 17.6. The summed E-state index contributed by atoms with van der Waals surface area (Å²) in [6, 6.07) is 6.08. The van der Waals surface area contributed by atoms with Crippen molar-refractivity contribution in [3.8, 4) is 5.75 Å². The molecule has 31 heavy (non-hydrogen) atoms. The molecule has 2 heterocycles. The van der Waals surface area contributed by atoms with Crippen LogP contribution in [0.4, 0.5) is 13.6 Å². The minimum atomic E-state index is -1.34. The Morgan fingerprint density at radius 2 is 2.06 bits per heavy atom. The first-order valence-electron chi connectivity index (χ1n) is 10.7. The highest BCUT2D eigenvalue weighted by atomic mass is 19.1. The van der Waals surface area contributed by atoms with E-state index in [1.54, 1.807) is 35.0 Å². The number of ether oxygens (including phenoxy) is 1. The quantitative estimate of drug-likeness (QED) is 0.714. The van der Waals surface area contributed by atoms with E-state index in [-0.39, 0.29) is 18.3 Å². The van der Waals surface area contributed by atoms with Crippen molar-refractivity contribution in [2.24, 2.45) is 11.8 Å². The van der Waals surface area contributed by atoms with Gasteiger partial charge >= 0.3 is 6.03 Å². The van der Waals surface area contributed by atoms with Crippen LogP contribution in [-0.2, 0) is 4.74 Å². The number of urea groups is 1. The lowest BCUT2D eigenvalue weighted by Gasteiger charge is -2.33. The minimum absolute atomic E-state index is 0.0946. The number of phenolic OH excluding ortho intramolecular Hbond substituents is 1. The van der Waals surface area contributed by atoms with Crippen LogP contribution in [0.15, 0.2) is 60.0 Å². The average Bonchev–Trinajstić information content (AvgIpc) is 3.21. The highest BCUT2D eigenvalue weighted by Gasteiger charge is 2.37. The van der Waals surface area contributed by atoms with Crippen molar-refractivity contribution in [1.29, 1.82) is 0 Å². The fourth-order valence-corrected chi connectivity index (χ4v) is 4.58. The van der Waals surface area contributed by atoms with E-state index in [2.05, 4.69) is 0 Å². The molecule has 3 aliphatic rings. The van der Waals surface area contributed by atoms with Gasteiger partial charge in [-0.2, -0.15) is 0 Å². The number of halogens is 2. The molecule has 5 nitrogen and oxygen atoms in total. The van der Waals surface area contributed by atoms with E-state index < -0.39 is 24.0 Å². The molecule has 166 valence electrons. The lowest BCUT2D eigenvalue weighted by Crippen LogP contribution is -2.44. The standard InChI is InChI=1S/C24H28F2N2O3/c1-27(14-16-7-9-31-10-8-16)24(30)28-15-18(21-13-19(25)5-6-22(21)26)12-23(28)17-3-2-4-20(29)11-17/h2-6,11-13,16,21-23,29H,7-10,14-15H2,1H3. The summed E-state index contributed by atoms with van der Waals surface area (Å²) in [6.07, 6.45) is 5.94. The van der Waals surface area contributed by atoms with Crippen LogP contribution in [0.2, 0.25) is 0 Å². The first kappa shape index (κ1) is 21.6. The van der Waals surface area contributed by atoms with Crippen molar-refractivity contribution in [2.45, 2.75) is 25.1 Å². The molecule has 4 rings (SSSR count). The fraction of sp³-hybridized carbons (Fsp3) is 0.458. The largest absolute Gasteiger partial charge is 0.508 e. The predicted molar refractivity (Wildman–Crippen MR) is 114 cm³/mol. The first-order valence-corrected chi connectivity index (χ1v) is 10.7. The number of alkyl halides is 1. The number of carbonyl (C=O) groups excluding carboxylic acids is 1. The molecule has 1 N–H and O–H groups in total. The third kappa shape index (κ3) is 4.82. The first-order chi connectivity index (χ1) is 14.9. The van der Waals surface area contributed by atoms with E-state index in [0.717, 1.165) is 24.5 Å². The van der Waals surface area contributed by atoms with E-state index >= 15 is 0 Å². The Kier molecular flexibility index (Phi) is 6.41. The number of hydrogen-bond donors (Lipinski definition) is 1. The Balaban J connectivity index is 1.58. The number of amides is 2. The maximum absolute atomic E-state index is 14.6. The summed E-state index contributed by atoms with van der Waals surface area (Å²) in [5, 5.41) is 9.94. The van der Waals surface area contributed by atoms with Crippen LogP contribution >= 0.6 is 0 Å². The second-order valence-corrected chi connectivity index (χ2v) is 8.51. The van der Waals surface area contributed by atoms with Gasteiger partial charge in [-0.3, -0.25) is 0 Å². The van der Waals surface area contributed by atoms with Crippen LogP contribution in [0.1, 0.15) is 24.4 Å². The van der Waals surface area contributed by atoms with E-state index in [1.165, 1.54) is 12.2 Å². The lowest BCUT2D eigenvalue weighted by molar-refractivity contribution is 0.0562. The molecule has 3 atom stereocenters. The van der Waals surface area contributed by atoms with Crippen LogP contribution in [0.25, 0.3) is 0 Å². The average molecular weight is 430 g/mol. The number of nitrogens with zero attached hydrogens (tertiary/aromatic N) is 2. The number of carbonyl (C=O) groups is 1. The molecular formula is C24H28F2N2O3. The van der Waals surface area contributed by atoms with Gasteiger partial charge in [-0.1, -0.05) is 18.2 Å². The van der Waals surface area contributed by atoms with Gasteiger partial charge in [-0.25, -0.2) is 13.6 Å². The van der Waals surface area contributed by atoms with E-state index in [4.69, 9.17) is 4.74 Å². The van der Waals surface area contributed by atoms with Gasteiger partial charge in [0, 0.05) is 39.3 Å². The van der Waals surface area contributed by atoms with Gasteiger partial charge in [0.25, 0.3) is 0 Å². The summed E-state index contributed by atoms with van der Waals surface area (Å²) in [5.41, 5.74) is 1.39. The summed E-state index contributed by atoms with van der Waals surface area (Å²) < 4.78 is 33.8. The second kappa shape index (κ2) is 9.22. The molecule has 3 unspecified atom stereocenters. The summed E-state index contributed by atoms with van der Waals surface area (Å²) in [7, 11) is 1.77. The summed E-state index contributed by atoms with van der Waals surface area (Å²) in [5.74, 6) is -0.747. The lowest BCUT2D eigenvalue weighted by atomic mass is 9.90. The van der Waals surface area contributed by atoms with Crippen LogP contribution < -0.4 is 0 Å². The zero-order chi connectivity index (χ0) is 22.0. The molecule has 0 saturated carbocycles.